The molecule has 0 aliphatic heterocycles. The molecule has 110 valence electrons. The highest BCUT2D eigenvalue weighted by Crippen LogP contribution is 2.26. The molecule has 1 amide bonds. The molecule has 3 aromatic rings. The van der Waals surface area contributed by atoms with E-state index < -0.39 is 0 Å². The molecule has 1 aromatic carbocycles. The Hall–Kier alpha value is -1.57. The van der Waals surface area contributed by atoms with Crippen LogP contribution in [-0.2, 0) is 0 Å². The van der Waals surface area contributed by atoms with Gasteiger partial charge in [0.1, 0.15) is 0 Å². The molecule has 7 heteroatoms. The molecule has 0 aliphatic carbocycles. The highest BCUT2D eigenvalue weighted by molar-refractivity contribution is 9.10. The van der Waals surface area contributed by atoms with Gasteiger partial charge in [0.25, 0.3) is 5.91 Å². The fraction of sp³-hybridized carbons (Fsp3) is 0. The van der Waals surface area contributed by atoms with E-state index in [9.17, 15) is 4.79 Å². The summed E-state index contributed by atoms with van der Waals surface area (Å²) in [5, 5.41) is 5.26. The summed E-state index contributed by atoms with van der Waals surface area (Å²) < 4.78 is 1.78. The van der Waals surface area contributed by atoms with Crippen molar-refractivity contribution < 1.29 is 4.79 Å². The lowest BCUT2D eigenvalue weighted by Gasteiger charge is -2.01. The van der Waals surface area contributed by atoms with Crippen molar-refractivity contribution in [2.24, 2.45) is 0 Å². The van der Waals surface area contributed by atoms with Crippen molar-refractivity contribution in [1.82, 2.24) is 9.97 Å². The van der Waals surface area contributed by atoms with Crippen molar-refractivity contribution >= 4 is 54.2 Å². The van der Waals surface area contributed by atoms with Crippen LogP contribution in [0.15, 0.2) is 57.1 Å². The van der Waals surface area contributed by atoms with Crippen molar-refractivity contribution in [3.63, 3.8) is 0 Å². The number of aromatic nitrogens is 2. The zero-order valence-corrected chi connectivity index (χ0v) is 15.1. The number of carbonyl (C=O) groups excluding carboxylic acids is 1. The molecule has 0 fully saturated rings. The normalized spacial score (nSPS) is 10.5. The van der Waals surface area contributed by atoms with E-state index in [2.05, 4.69) is 47.1 Å². The summed E-state index contributed by atoms with van der Waals surface area (Å²) in [4.78, 5) is 20.6. The Labute approximate surface area is 147 Å². The van der Waals surface area contributed by atoms with Crippen LogP contribution in [0.4, 0.5) is 5.13 Å². The number of pyridine rings is 1. The zero-order valence-electron chi connectivity index (χ0n) is 11.1. The Kier molecular flexibility index (Phi) is 4.66. The Balaban J connectivity index is 1.77. The molecule has 0 saturated heterocycles. The van der Waals surface area contributed by atoms with Gasteiger partial charge in [-0.15, -0.1) is 11.3 Å². The molecule has 1 N–H and O–H groups in total. The maximum absolute atomic E-state index is 12.1. The molecule has 0 radical (unpaired) electrons. The van der Waals surface area contributed by atoms with E-state index in [-0.39, 0.29) is 5.91 Å². The number of nitrogens with one attached hydrogen (secondary N) is 1. The third-order valence-electron chi connectivity index (χ3n) is 2.83. The van der Waals surface area contributed by atoms with E-state index >= 15 is 0 Å². The van der Waals surface area contributed by atoms with Crippen LogP contribution in [0.5, 0.6) is 0 Å². The van der Waals surface area contributed by atoms with Gasteiger partial charge < -0.3 is 0 Å². The maximum Gasteiger partial charge on any atom is 0.259 e. The smallest absolute Gasteiger partial charge is 0.259 e. The Morgan fingerprint density at radius 2 is 1.86 bits per heavy atom. The van der Waals surface area contributed by atoms with Gasteiger partial charge in [0.15, 0.2) is 5.13 Å². The number of amides is 1. The minimum atomic E-state index is -0.231. The fourth-order valence-corrected chi connectivity index (χ4v) is 3.13. The first kappa shape index (κ1) is 15.3. The van der Waals surface area contributed by atoms with E-state index in [0.717, 1.165) is 20.2 Å². The molecule has 2 heterocycles. The van der Waals surface area contributed by atoms with Crippen LogP contribution in [0, 0.1) is 0 Å². The van der Waals surface area contributed by atoms with E-state index in [1.165, 1.54) is 17.5 Å². The van der Waals surface area contributed by atoms with Gasteiger partial charge in [0.05, 0.1) is 11.3 Å². The summed E-state index contributed by atoms with van der Waals surface area (Å²) in [6, 6.07) is 9.58. The minimum absolute atomic E-state index is 0.231. The highest BCUT2D eigenvalue weighted by Gasteiger charge is 2.10. The van der Waals surface area contributed by atoms with Gasteiger partial charge in [0.2, 0.25) is 0 Å². The Morgan fingerprint density at radius 3 is 2.59 bits per heavy atom. The van der Waals surface area contributed by atoms with Gasteiger partial charge in [-0.3, -0.25) is 15.1 Å². The summed E-state index contributed by atoms with van der Waals surface area (Å²) in [6.07, 6.45) is 3.15. The van der Waals surface area contributed by atoms with Gasteiger partial charge in [-0.05, 0) is 34.1 Å². The maximum atomic E-state index is 12.1. The van der Waals surface area contributed by atoms with Crippen molar-refractivity contribution in [2.45, 2.75) is 0 Å². The number of hydrogen-bond acceptors (Lipinski definition) is 4. The predicted octanol–water partition coefficient (Wildman–Crippen LogP) is 4.98. The number of hydrogen-bond donors (Lipinski definition) is 1. The number of carbonyl (C=O) groups is 1. The number of rotatable bonds is 3. The number of benzene rings is 1. The Morgan fingerprint density at radius 1 is 1.09 bits per heavy atom. The standard InChI is InChI=1S/C15H9Br2N3OS/c16-11-3-1-9(2-4-11)13-8-22-15(19-13)20-14(21)10-5-12(17)7-18-6-10/h1-8H,(H,19,20,21). The molecule has 0 spiro atoms. The topological polar surface area (TPSA) is 54.9 Å². The first-order chi connectivity index (χ1) is 10.6. The molecule has 0 unspecified atom stereocenters. The minimum Gasteiger partial charge on any atom is -0.298 e. The second-order valence-corrected chi connectivity index (χ2v) is 7.08. The van der Waals surface area contributed by atoms with Crippen LogP contribution in [0.1, 0.15) is 10.4 Å². The van der Waals surface area contributed by atoms with Crippen LogP contribution in [0.3, 0.4) is 0 Å². The van der Waals surface area contributed by atoms with Crippen molar-refractivity contribution in [1.29, 1.82) is 0 Å². The molecule has 0 bridgehead atoms. The van der Waals surface area contributed by atoms with E-state index in [0.29, 0.717) is 10.7 Å². The lowest BCUT2D eigenvalue weighted by molar-refractivity contribution is 0.102. The SMILES string of the molecule is O=C(Nc1nc(-c2ccc(Br)cc2)cs1)c1cncc(Br)c1. The van der Waals surface area contributed by atoms with Gasteiger partial charge in [-0.2, -0.15) is 0 Å². The molecular formula is C15H9Br2N3OS. The average Bonchev–Trinajstić information content (AvgIpc) is 2.96. The van der Waals surface area contributed by atoms with Crippen LogP contribution >= 0.6 is 43.2 Å². The van der Waals surface area contributed by atoms with E-state index in [4.69, 9.17) is 0 Å². The molecule has 4 nitrogen and oxygen atoms in total. The quantitative estimate of drug-likeness (QED) is 0.627. The number of anilines is 1. The monoisotopic (exact) mass is 437 g/mol. The second kappa shape index (κ2) is 6.68. The zero-order chi connectivity index (χ0) is 15.5. The molecule has 0 saturated carbocycles. The van der Waals surface area contributed by atoms with Crippen LogP contribution in [0.25, 0.3) is 11.3 Å². The van der Waals surface area contributed by atoms with Gasteiger partial charge in [-0.1, -0.05) is 28.1 Å². The number of halogens is 2. The second-order valence-electron chi connectivity index (χ2n) is 4.39. The highest BCUT2D eigenvalue weighted by atomic mass is 79.9. The summed E-state index contributed by atoms with van der Waals surface area (Å²) in [6.45, 7) is 0. The average molecular weight is 439 g/mol. The predicted molar refractivity (Wildman–Crippen MR) is 95.1 cm³/mol. The largest absolute Gasteiger partial charge is 0.298 e. The molecule has 3 rings (SSSR count). The molecule has 22 heavy (non-hydrogen) atoms. The van der Waals surface area contributed by atoms with Crippen LogP contribution < -0.4 is 5.32 Å². The van der Waals surface area contributed by atoms with E-state index in [1.54, 1.807) is 12.3 Å². The summed E-state index contributed by atoms with van der Waals surface area (Å²) in [7, 11) is 0. The van der Waals surface area contributed by atoms with Crippen LogP contribution in [-0.4, -0.2) is 15.9 Å². The lowest BCUT2D eigenvalue weighted by atomic mass is 10.2. The molecule has 0 aliphatic rings. The Bertz CT molecular complexity index is 818. The summed E-state index contributed by atoms with van der Waals surface area (Å²) in [5.41, 5.74) is 2.32. The summed E-state index contributed by atoms with van der Waals surface area (Å²) in [5.74, 6) is -0.231. The van der Waals surface area contributed by atoms with Crippen molar-refractivity contribution in [2.75, 3.05) is 5.32 Å². The third-order valence-corrected chi connectivity index (χ3v) is 4.55. The fourth-order valence-electron chi connectivity index (χ4n) is 1.79. The number of nitrogens with zero attached hydrogens (tertiary/aromatic N) is 2. The molecule has 0 atom stereocenters. The van der Waals surface area contributed by atoms with Crippen molar-refractivity contribution in [3.05, 3.63) is 62.6 Å². The lowest BCUT2D eigenvalue weighted by Crippen LogP contribution is -2.11. The van der Waals surface area contributed by atoms with Gasteiger partial charge in [-0.25, -0.2) is 4.98 Å². The van der Waals surface area contributed by atoms with Crippen LogP contribution in [0.2, 0.25) is 0 Å². The molecular weight excluding hydrogens is 430 g/mol. The van der Waals surface area contributed by atoms with Gasteiger partial charge >= 0.3 is 0 Å². The third kappa shape index (κ3) is 3.60. The van der Waals surface area contributed by atoms with Gasteiger partial charge in [0, 0.05) is 32.3 Å². The van der Waals surface area contributed by atoms with Crippen molar-refractivity contribution in [3.8, 4) is 11.3 Å². The summed E-state index contributed by atoms with van der Waals surface area (Å²) >= 11 is 8.09. The first-order valence-electron chi connectivity index (χ1n) is 6.25. The van der Waals surface area contributed by atoms with E-state index in [1.807, 2.05) is 29.6 Å². The first-order valence-corrected chi connectivity index (χ1v) is 8.72. The molecule has 2 aromatic heterocycles. The number of thiazole rings is 1.